The molecule has 124 valence electrons. The maximum Gasteiger partial charge on any atom is 0.220 e. The lowest BCUT2D eigenvalue weighted by Crippen LogP contribution is -2.28. The monoisotopic (exact) mass is 328 g/mol. The fourth-order valence-corrected chi connectivity index (χ4v) is 2.66. The molecule has 0 radical (unpaired) electrons. The minimum atomic E-state index is -0.0494. The molecule has 22 heavy (non-hydrogen) atoms. The number of carbonyl (C=O) groups is 1. The fraction of sp³-hybridized carbons (Fsp3) is 0.562. The van der Waals surface area contributed by atoms with E-state index in [1.807, 2.05) is 25.1 Å². The van der Waals surface area contributed by atoms with Crippen LogP contribution in [0.1, 0.15) is 31.4 Å². The third kappa shape index (κ3) is 4.78. The van der Waals surface area contributed by atoms with E-state index in [4.69, 9.17) is 9.47 Å². The number of benzene rings is 1. The van der Waals surface area contributed by atoms with E-state index in [0.717, 1.165) is 25.1 Å². The van der Waals surface area contributed by atoms with Crippen LogP contribution in [-0.2, 0) is 4.79 Å². The summed E-state index contributed by atoms with van der Waals surface area (Å²) in [7, 11) is 3.22. The number of ether oxygens (including phenoxy) is 2. The van der Waals surface area contributed by atoms with Crippen molar-refractivity contribution in [1.29, 1.82) is 0 Å². The van der Waals surface area contributed by atoms with Crippen LogP contribution in [0.15, 0.2) is 18.2 Å². The Morgan fingerprint density at radius 2 is 2.09 bits per heavy atom. The zero-order chi connectivity index (χ0) is 15.2. The summed E-state index contributed by atoms with van der Waals surface area (Å²) in [5, 5.41) is 6.33. The first-order valence-electron chi connectivity index (χ1n) is 7.36. The number of rotatable bonds is 6. The maximum atomic E-state index is 12.1. The molecular formula is C16H25ClN2O3. The molecule has 1 aromatic carbocycles. The van der Waals surface area contributed by atoms with Gasteiger partial charge in [-0.25, -0.2) is 0 Å². The van der Waals surface area contributed by atoms with E-state index in [1.54, 1.807) is 14.2 Å². The van der Waals surface area contributed by atoms with Crippen LogP contribution >= 0.6 is 12.4 Å². The largest absolute Gasteiger partial charge is 0.493 e. The summed E-state index contributed by atoms with van der Waals surface area (Å²) >= 11 is 0. The van der Waals surface area contributed by atoms with Gasteiger partial charge in [0, 0.05) is 6.42 Å². The Balaban J connectivity index is 0.00000242. The van der Waals surface area contributed by atoms with Crippen molar-refractivity contribution < 1.29 is 14.3 Å². The lowest BCUT2D eigenvalue weighted by molar-refractivity contribution is -0.122. The molecule has 2 atom stereocenters. The predicted molar refractivity (Wildman–Crippen MR) is 88.9 cm³/mol. The van der Waals surface area contributed by atoms with Crippen molar-refractivity contribution in [2.45, 2.75) is 25.8 Å². The molecule has 0 saturated carbocycles. The van der Waals surface area contributed by atoms with Gasteiger partial charge in [0.25, 0.3) is 0 Å². The van der Waals surface area contributed by atoms with Gasteiger partial charge in [0.1, 0.15) is 0 Å². The first-order valence-corrected chi connectivity index (χ1v) is 7.36. The van der Waals surface area contributed by atoms with E-state index in [-0.39, 0.29) is 24.4 Å². The van der Waals surface area contributed by atoms with E-state index >= 15 is 0 Å². The Labute approximate surface area is 138 Å². The van der Waals surface area contributed by atoms with Crippen LogP contribution in [0, 0.1) is 5.92 Å². The Hall–Kier alpha value is -1.46. The van der Waals surface area contributed by atoms with E-state index in [9.17, 15) is 4.79 Å². The summed E-state index contributed by atoms with van der Waals surface area (Å²) < 4.78 is 10.5. The Morgan fingerprint density at radius 3 is 2.68 bits per heavy atom. The first kappa shape index (κ1) is 18.6. The Bertz CT molecular complexity index is 490. The second kappa shape index (κ2) is 8.86. The third-order valence-corrected chi connectivity index (χ3v) is 3.92. The highest BCUT2D eigenvalue weighted by Crippen LogP contribution is 2.29. The quantitative estimate of drug-likeness (QED) is 0.841. The molecule has 1 aromatic rings. The molecule has 0 spiro atoms. The molecule has 1 heterocycles. The smallest absolute Gasteiger partial charge is 0.220 e. The summed E-state index contributed by atoms with van der Waals surface area (Å²) in [5.41, 5.74) is 1.01. The predicted octanol–water partition coefficient (Wildman–Crippen LogP) is 2.30. The van der Waals surface area contributed by atoms with Crippen LogP contribution in [0.4, 0.5) is 0 Å². The van der Waals surface area contributed by atoms with Gasteiger partial charge in [0.2, 0.25) is 5.91 Å². The fourth-order valence-electron chi connectivity index (χ4n) is 2.66. The highest BCUT2D eigenvalue weighted by molar-refractivity contribution is 5.85. The van der Waals surface area contributed by atoms with Crippen LogP contribution < -0.4 is 20.1 Å². The summed E-state index contributed by atoms with van der Waals surface area (Å²) in [4.78, 5) is 12.1. The summed E-state index contributed by atoms with van der Waals surface area (Å²) in [5.74, 6) is 1.93. The summed E-state index contributed by atoms with van der Waals surface area (Å²) in [6.07, 6.45) is 1.67. The molecule has 2 unspecified atom stereocenters. The molecule has 5 nitrogen and oxygen atoms in total. The van der Waals surface area contributed by atoms with Crippen molar-refractivity contribution in [3.63, 3.8) is 0 Å². The summed E-state index contributed by atoms with van der Waals surface area (Å²) in [6, 6.07) is 5.66. The number of methoxy groups -OCH3 is 2. The van der Waals surface area contributed by atoms with Crippen molar-refractivity contribution in [2.75, 3.05) is 27.3 Å². The average Bonchev–Trinajstić information content (AvgIpc) is 2.99. The van der Waals surface area contributed by atoms with Crippen LogP contribution in [0.5, 0.6) is 11.5 Å². The number of nitrogens with one attached hydrogen (secondary N) is 2. The lowest BCUT2D eigenvalue weighted by atomic mass is 10.0. The van der Waals surface area contributed by atoms with E-state index in [2.05, 4.69) is 10.6 Å². The lowest BCUT2D eigenvalue weighted by Gasteiger charge is -2.17. The van der Waals surface area contributed by atoms with Crippen molar-refractivity contribution in [2.24, 2.45) is 5.92 Å². The number of hydrogen-bond acceptors (Lipinski definition) is 4. The van der Waals surface area contributed by atoms with Crippen LogP contribution in [0.2, 0.25) is 0 Å². The number of halogens is 1. The summed E-state index contributed by atoms with van der Waals surface area (Å²) in [6.45, 7) is 3.94. The van der Waals surface area contributed by atoms with Gasteiger partial charge < -0.3 is 20.1 Å². The molecule has 1 fully saturated rings. The second-order valence-electron chi connectivity index (χ2n) is 5.47. The van der Waals surface area contributed by atoms with E-state index in [1.165, 1.54) is 0 Å². The van der Waals surface area contributed by atoms with Gasteiger partial charge in [-0.05, 0) is 50.0 Å². The number of amides is 1. The Kier molecular flexibility index (Phi) is 7.48. The third-order valence-electron chi connectivity index (χ3n) is 3.92. The molecular weight excluding hydrogens is 304 g/mol. The van der Waals surface area contributed by atoms with Gasteiger partial charge in [-0.2, -0.15) is 0 Å². The van der Waals surface area contributed by atoms with Crippen molar-refractivity contribution in [3.05, 3.63) is 23.8 Å². The highest BCUT2D eigenvalue weighted by atomic mass is 35.5. The molecule has 0 bridgehead atoms. The van der Waals surface area contributed by atoms with Crippen LogP contribution in [0.3, 0.4) is 0 Å². The molecule has 2 N–H and O–H groups in total. The minimum Gasteiger partial charge on any atom is -0.493 e. The van der Waals surface area contributed by atoms with Crippen molar-refractivity contribution >= 4 is 18.3 Å². The van der Waals surface area contributed by atoms with Crippen LogP contribution in [-0.4, -0.2) is 33.2 Å². The first-order chi connectivity index (χ1) is 10.1. The normalized spacial score (nSPS) is 18.2. The highest BCUT2D eigenvalue weighted by Gasteiger charge is 2.19. The molecule has 1 aliphatic heterocycles. The molecule has 1 saturated heterocycles. The SMILES string of the molecule is COc1ccc(C(C)NC(=O)CC2CCNC2)cc1OC.Cl. The van der Waals surface area contributed by atoms with Crippen LogP contribution in [0.25, 0.3) is 0 Å². The average molecular weight is 329 g/mol. The molecule has 1 amide bonds. The molecule has 6 heteroatoms. The van der Waals surface area contributed by atoms with E-state index < -0.39 is 0 Å². The van der Waals surface area contributed by atoms with Gasteiger partial charge in [0.15, 0.2) is 11.5 Å². The van der Waals surface area contributed by atoms with Gasteiger partial charge >= 0.3 is 0 Å². The molecule has 1 aliphatic rings. The zero-order valence-corrected chi connectivity index (χ0v) is 14.2. The van der Waals surface area contributed by atoms with Gasteiger partial charge in [-0.3, -0.25) is 4.79 Å². The van der Waals surface area contributed by atoms with Gasteiger partial charge in [-0.1, -0.05) is 6.07 Å². The standard InChI is InChI=1S/C16H24N2O3.ClH/c1-11(18-16(19)8-12-6-7-17-10-12)13-4-5-14(20-2)15(9-13)21-3;/h4-5,9,11-12,17H,6-8,10H2,1-3H3,(H,18,19);1H. The molecule has 0 aromatic heterocycles. The van der Waals surface area contributed by atoms with E-state index in [0.29, 0.717) is 23.8 Å². The topological polar surface area (TPSA) is 59.6 Å². The minimum absolute atomic E-state index is 0. The zero-order valence-electron chi connectivity index (χ0n) is 13.3. The van der Waals surface area contributed by atoms with Gasteiger partial charge in [0.05, 0.1) is 20.3 Å². The maximum absolute atomic E-state index is 12.1. The number of carbonyl (C=O) groups excluding carboxylic acids is 1. The second-order valence-corrected chi connectivity index (χ2v) is 5.47. The molecule has 0 aliphatic carbocycles. The number of hydrogen-bond donors (Lipinski definition) is 2. The van der Waals surface area contributed by atoms with Crippen molar-refractivity contribution in [3.8, 4) is 11.5 Å². The molecule has 2 rings (SSSR count). The Morgan fingerprint density at radius 1 is 1.36 bits per heavy atom. The van der Waals surface area contributed by atoms with Gasteiger partial charge in [-0.15, -0.1) is 12.4 Å². The van der Waals surface area contributed by atoms with Crippen molar-refractivity contribution in [1.82, 2.24) is 10.6 Å².